The summed E-state index contributed by atoms with van der Waals surface area (Å²) in [6, 6.07) is 6.43. The zero-order chi connectivity index (χ0) is 12.5. The summed E-state index contributed by atoms with van der Waals surface area (Å²) in [6.45, 7) is 2.01. The Morgan fingerprint density at radius 1 is 1.39 bits per heavy atom. The number of allylic oxidation sites excluding steroid dienone is 2. The van der Waals surface area contributed by atoms with Crippen LogP contribution in [0, 0.1) is 5.92 Å². The molecule has 0 heterocycles. The molecule has 2 nitrogen and oxygen atoms in total. The maximum Gasteiger partial charge on any atom is 0.158 e. The second-order valence-electron chi connectivity index (χ2n) is 5.71. The van der Waals surface area contributed by atoms with Crippen LogP contribution in [0.1, 0.15) is 30.9 Å². The van der Waals surface area contributed by atoms with Gasteiger partial charge in [0.1, 0.15) is 5.75 Å². The topological polar surface area (TPSA) is 26.3 Å². The first kappa shape index (κ1) is 10.4. The predicted molar refractivity (Wildman–Crippen MR) is 68.8 cm³/mol. The van der Waals surface area contributed by atoms with Crippen LogP contribution >= 0.6 is 0 Å². The Morgan fingerprint density at radius 2 is 2.22 bits per heavy atom. The minimum Gasteiger partial charge on any atom is -0.497 e. The van der Waals surface area contributed by atoms with E-state index in [4.69, 9.17) is 4.74 Å². The summed E-state index contributed by atoms with van der Waals surface area (Å²) in [5.74, 6) is 1.91. The van der Waals surface area contributed by atoms with Crippen LogP contribution in [-0.2, 0) is 16.6 Å². The zero-order valence-corrected chi connectivity index (χ0v) is 10.7. The average molecular weight is 240 g/mol. The first-order chi connectivity index (χ1) is 8.68. The molecule has 0 N–H and O–H groups in total. The van der Waals surface area contributed by atoms with Crippen molar-refractivity contribution in [2.24, 2.45) is 5.92 Å². The van der Waals surface area contributed by atoms with Gasteiger partial charge in [0, 0.05) is 11.8 Å². The van der Waals surface area contributed by atoms with E-state index in [-0.39, 0.29) is 5.41 Å². The minimum absolute atomic E-state index is 0.236. The highest BCUT2D eigenvalue weighted by Crippen LogP contribution is 2.71. The molecule has 2 unspecified atom stereocenters. The van der Waals surface area contributed by atoms with Crippen molar-refractivity contribution in [3.8, 4) is 5.75 Å². The number of methoxy groups -OCH3 is 1. The van der Waals surface area contributed by atoms with Crippen molar-refractivity contribution < 1.29 is 9.53 Å². The molecule has 3 aliphatic rings. The largest absolute Gasteiger partial charge is 0.497 e. The quantitative estimate of drug-likeness (QED) is 0.754. The van der Waals surface area contributed by atoms with E-state index in [1.165, 1.54) is 16.7 Å². The summed E-state index contributed by atoms with van der Waals surface area (Å²) in [6.07, 6.45) is 2.83. The Kier molecular flexibility index (Phi) is 1.76. The van der Waals surface area contributed by atoms with Gasteiger partial charge in [0.15, 0.2) is 5.78 Å². The molecule has 0 saturated heterocycles. The lowest BCUT2D eigenvalue weighted by Gasteiger charge is -2.20. The summed E-state index contributed by atoms with van der Waals surface area (Å²) in [5, 5.41) is 0. The normalized spacial score (nSPS) is 31.9. The number of carbonyl (C=O) groups excluding carboxylic acids is 1. The summed E-state index contributed by atoms with van der Waals surface area (Å²) < 4.78 is 5.30. The maximum absolute atomic E-state index is 11.8. The van der Waals surface area contributed by atoms with Crippen molar-refractivity contribution in [3.05, 3.63) is 40.5 Å². The predicted octanol–water partition coefficient (Wildman–Crippen LogP) is 2.80. The number of hydrogen-bond acceptors (Lipinski definition) is 2. The van der Waals surface area contributed by atoms with Crippen molar-refractivity contribution in [2.45, 2.75) is 31.6 Å². The highest BCUT2D eigenvalue weighted by molar-refractivity contribution is 5.99. The van der Waals surface area contributed by atoms with Gasteiger partial charge in [0.05, 0.1) is 7.11 Å². The molecule has 1 aromatic rings. The van der Waals surface area contributed by atoms with E-state index in [1.54, 1.807) is 7.11 Å². The number of fused-ring (bicyclic) bond motifs is 2. The fraction of sp³-hybridized carbons (Fsp3) is 0.438. The van der Waals surface area contributed by atoms with Gasteiger partial charge < -0.3 is 4.74 Å². The maximum atomic E-state index is 11.8. The molecule has 3 aliphatic carbocycles. The van der Waals surface area contributed by atoms with E-state index in [2.05, 4.69) is 18.2 Å². The molecule has 18 heavy (non-hydrogen) atoms. The third kappa shape index (κ3) is 0.984. The number of ether oxygens (including phenoxy) is 1. The first-order valence-corrected chi connectivity index (χ1v) is 6.60. The van der Waals surface area contributed by atoms with Gasteiger partial charge in [-0.15, -0.1) is 0 Å². The fourth-order valence-corrected chi connectivity index (χ4v) is 4.26. The highest BCUT2D eigenvalue weighted by atomic mass is 16.5. The Morgan fingerprint density at radius 3 is 3.00 bits per heavy atom. The summed E-state index contributed by atoms with van der Waals surface area (Å²) in [5.41, 5.74) is 5.60. The van der Waals surface area contributed by atoms with Crippen LogP contribution in [0.25, 0.3) is 0 Å². The van der Waals surface area contributed by atoms with Crippen LogP contribution in [0.3, 0.4) is 0 Å². The van der Waals surface area contributed by atoms with Gasteiger partial charge >= 0.3 is 0 Å². The molecule has 1 saturated carbocycles. The highest BCUT2D eigenvalue weighted by Gasteiger charge is 2.66. The van der Waals surface area contributed by atoms with Gasteiger partial charge in [-0.05, 0) is 60.1 Å². The lowest BCUT2D eigenvalue weighted by Crippen LogP contribution is -2.16. The smallest absolute Gasteiger partial charge is 0.158 e. The SMILES string of the molecule is COc1ccc2c(c1)CC1C3=C(C)C(=O)CCC321. The minimum atomic E-state index is 0.236. The van der Waals surface area contributed by atoms with E-state index < -0.39 is 0 Å². The lowest BCUT2D eigenvalue weighted by molar-refractivity contribution is -0.116. The van der Waals surface area contributed by atoms with Gasteiger partial charge in [-0.25, -0.2) is 0 Å². The summed E-state index contributed by atoms with van der Waals surface area (Å²) in [7, 11) is 1.71. The number of Topliss-reactive ketones (excluding diaryl/α,β-unsaturated/α-hetero) is 1. The van der Waals surface area contributed by atoms with Crippen LogP contribution in [0.4, 0.5) is 0 Å². The van der Waals surface area contributed by atoms with Gasteiger partial charge in [-0.2, -0.15) is 0 Å². The Bertz CT molecular complexity index is 612. The second-order valence-corrected chi connectivity index (χ2v) is 5.71. The van der Waals surface area contributed by atoms with Gasteiger partial charge in [0.25, 0.3) is 0 Å². The Hall–Kier alpha value is -1.57. The molecule has 0 bridgehead atoms. The number of carbonyl (C=O) groups is 1. The van der Waals surface area contributed by atoms with Crippen molar-refractivity contribution in [2.75, 3.05) is 7.11 Å². The van der Waals surface area contributed by atoms with E-state index in [1.807, 2.05) is 6.92 Å². The molecule has 92 valence electrons. The number of hydrogen-bond donors (Lipinski definition) is 0. The monoisotopic (exact) mass is 240 g/mol. The zero-order valence-electron chi connectivity index (χ0n) is 10.7. The molecule has 1 aromatic carbocycles. The standard InChI is InChI=1S/C16H16O2/c1-9-14(17)5-6-16-12-4-3-11(18-2)7-10(12)8-13(16)15(9)16/h3-4,7,13H,5-6,8H2,1-2H3. The Labute approximate surface area is 107 Å². The first-order valence-electron chi connectivity index (χ1n) is 6.60. The van der Waals surface area contributed by atoms with Gasteiger partial charge in [0.2, 0.25) is 0 Å². The van der Waals surface area contributed by atoms with Crippen molar-refractivity contribution >= 4 is 5.78 Å². The molecule has 1 spiro atoms. The van der Waals surface area contributed by atoms with Gasteiger partial charge in [-0.3, -0.25) is 4.79 Å². The molecule has 0 aliphatic heterocycles. The van der Waals surface area contributed by atoms with Crippen molar-refractivity contribution in [1.29, 1.82) is 0 Å². The number of ketones is 1. The molecular formula is C16H16O2. The summed E-state index contributed by atoms with van der Waals surface area (Å²) in [4.78, 5) is 11.8. The lowest BCUT2D eigenvalue weighted by atomic mass is 9.83. The average Bonchev–Trinajstić information content (AvgIpc) is 2.93. The van der Waals surface area contributed by atoms with Crippen LogP contribution < -0.4 is 4.74 Å². The molecule has 4 rings (SSSR count). The number of benzene rings is 1. The number of rotatable bonds is 1. The van der Waals surface area contributed by atoms with E-state index in [9.17, 15) is 4.79 Å². The Balaban J connectivity index is 1.87. The van der Waals surface area contributed by atoms with E-state index >= 15 is 0 Å². The van der Waals surface area contributed by atoms with Crippen LogP contribution in [-0.4, -0.2) is 12.9 Å². The van der Waals surface area contributed by atoms with Gasteiger partial charge in [-0.1, -0.05) is 6.07 Å². The van der Waals surface area contributed by atoms with E-state index in [0.29, 0.717) is 11.7 Å². The fourth-order valence-electron chi connectivity index (χ4n) is 4.26. The van der Waals surface area contributed by atoms with Crippen LogP contribution in [0.5, 0.6) is 5.75 Å². The van der Waals surface area contributed by atoms with E-state index in [0.717, 1.165) is 30.6 Å². The molecular weight excluding hydrogens is 224 g/mol. The third-order valence-electron chi connectivity index (χ3n) is 5.13. The van der Waals surface area contributed by atoms with Crippen molar-refractivity contribution in [1.82, 2.24) is 0 Å². The molecule has 0 radical (unpaired) electrons. The molecule has 0 amide bonds. The molecule has 2 atom stereocenters. The second kappa shape index (κ2) is 3.05. The third-order valence-corrected chi connectivity index (χ3v) is 5.13. The molecule has 0 aromatic heterocycles. The molecule has 2 heteroatoms. The van der Waals surface area contributed by atoms with Crippen LogP contribution in [0.2, 0.25) is 0 Å². The van der Waals surface area contributed by atoms with Crippen molar-refractivity contribution in [3.63, 3.8) is 0 Å². The summed E-state index contributed by atoms with van der Waals surface area (Å²) >= 11 is 0. The molecule has 1 fully saturated rings. The van der Waals surface area contributed by atoms with Crippen LogP contribution in [0.15, 0.2) is 29.3 Å².